The molecule has 0 saturated carbocycles. The molecule has 0 bridgehead atoms. The zero-order valence-electron chi connectivity index (χ0n) is 32.6. The summed E-state index contributed by atoms with van der Waals surface area (Å²) in [6, 6.07) is 80.3. The number of hydrogen-bond donors (Lipinski definition) is 0. The fourth-order valence-electron chi connectivity index (χ4n) is 10.4. The molecule has 0 saturated heterocycles. The molecule has 2 aliphatic rings. The normalized spacial score (nSPS) is 13.7. The minimum atomic E-state index is -0.652. The van der Waals surface area contributed by atoms with Gasteiger partial charge in [0, 0.05) is 11.3 Å². The molecule has 0 aromatic heterocycles. The summed E-state index contributed by atoms with van der Waals surface area (Å²) < 4.78 is 17.0. The van der Waals surface area contributed by atoms with Crippen molar-refractivity contribution in [2.24, 2.45) is 0 Å². The van der Waals surface area contributed by atoms with Gasteiger partial charge in [-0.2, -0.15) is 5.26 Å². The second kappa shape index (κ2) is 13.9. The first-order valence-electron chi connectivity index (χ1n) is 20.4. The highest BCUT2D eigenvalue weighted by molar-refractivity contribution is 5.98. The first kappa shape index (κ1) is 35.4. The van der Waals surface area contributed by atoms with E-state index in [2.05, 4.69) is 217 Å². The van der Waals surface area contributed by atoms with Crippen LogP contribution in [0.25, 0.3) is 22.3 Å². The molecule has 2 aliphatic carbocycles. The van der Waals surface area contributed by atoms with Gasteiger partial charge in [0.05, 0.1) is 33.8 Å². The van der Waals surface area contributed by atoms with Crippen LogP contribution in [0, 0.1) is 17.1 Å². The average Bonchev–Trinajstić information content (AvgIpc) is 3.79. The van der Waals surface area contributed by atoms with Crippen molar-refractivity contribution in [1.29, 1.82) is 5.26 Å². The summed E-state index contributed by atoms with van der Waals surface area (Å²) in [7, 11) is 0. The molecular weight excluding hydrogens is 732 g/mol. The minimum Gasteiger partial charge on any atom is -0.307 e. The van der Waals surface area contributed by atoms with Crippen LogP contribution in [0.5, 0.6) is 0 Å². The molecule has 0 atom stereocenters. The molecular formula is C57H37FN2. The van der Waals surface area contributed by atoms with Gasteiger partial charge < -0.3 is 4.90 Å². The zero-order chi connectivity index (χ0) is 40.3. The zero-order valence-corrected chi connectivity index (χ0v) is 32.6. The maximum absolute atomic E-state index is 17.0. The Balaban J connectivity index is 1.24. The molecule has 60 heavy (non-hydrogen) atoms. The van der Waals surface area contributed by atoms with Gasteiger partial charge in [0.15, 0.2) is 0 Å². The van der Waals surface area contributed by atoms with Gasteiger partial charge in [-0.3, -0.25) is 0 Å². The van der Waals surface area contributed by atoms with E-state index in [0.29, 0.717) is 5.69 Å². The van der Waals surface area contributed by atoms with Gasteiger partial charge in [-0.15, -0.1) is 0 Å². The van der Waals surface area contributed by atoms with Gasteiger partial charge in [-0.05, 0) is 97.6 Å². The number of nitrogens with zero attached hydrogens (tertiary/aromatic N) is 2. The molecule has 9 aromatic carbocycles. The Labute approximate surface area is 349 Å². The number of nitriles is 1. The van der Waals surface area contributed by atoms with Crippen molar-refractivity contribution >= 4 is 17.1 Å². The third-order valence-corrected chi connectivity index (χ3v) is 12.7. The van der Waals surface area contributed by atoms with E-state index in [-0.39, 0.29) is 5.56 Å². The van der Waals surface area contributed by atoms with Crippen LogP contribution in [0.15, 0.2) is 224 Å². The molecule has 0 fully saturated rings. The highest BCUT2D eigenvalue weighted by Crippen LogP contribution is 2.61. The maximum atomic E-state index is 17.0. The number of rotatable bonds is 7. The van der Waals surface area contributed by atoms with Gasteiger partial charge in [0.2, 0.25) is 0 Å². The van der Waals surface area contributed by atoms with Crippen LogP contribution in [-0.2, 0) is 10.8 Å². The molecule has 0 radical (unpaired) electrons. The molecule has 0 heterocycles. The first-order chi connectivity index (χ1) is 29.7. The van der Waals surface area contributed by atoms with Crippen LogP contribution in [0.4, 0.5) is 21.5 Å². The van der Waals surface area contributed by atoms with E-state index in [1.165, 1.54) is 22.8 Å². The van der Waals surface area contributed by atoms with Crippen molar-refractivity contribution in [3.05, 3.63) is 280 Å². The van der Waals surface area contributed by atoms with Gasteiger partial charge in [-0.25, -0.2) is 4.39 Å². The molecule has 0 N–H and O–H groups in total. The van der Waals surface area contributed by atoms with Crippen LogP contribution >= 0.6 is 0 Å². The predicted molar refractivity (Wildman–Crippen MR) is 240 cm³/mol. The van der Waals surface area contributed by atoms with Crippen LogP contribution in [0.2, 0.25) is 0 Å². The van der Waals surface area contributed by atoms with Crippen molar-refractivity contribution < 1.29 is 4.39 Å². The fraction of sp³-hybridized carbons (Fsp3) is 0.0351. The van der Waals surface area contributed by atoms with Crippen LogP contribution in [0.3, 0.4) is 0 Å². The molecule has 282 valence electrons. The number of fused-ring (bicyclic) bond motifs is 6. The molecule has 2 nitrogen and oxygen atoms in total. The molecule has 0 spiro atoms. The summed E-state index contributed by atoms with van der Waals surface area (Å²) in [6.07, 6.45) is 0. The average molecular weight is 769 g/mol. The highest BCUT2D eigenvalue weighted by Gasteiger charge is 2.49. The summed E-state index contributed by atoms with van der Waals surface area (Å²) in [5.41, 5.74) is 14.6. The lowest BCUT2D eigenvalue weighted by Gasteiger charge is -2.35. The predicted octanol–water partition coefficient (Wildman–Crippen LogP) is 13.9. The summed E-state index contributed by atoms with van der Waals surface area (Å²) in [6.45, 7) is 0. The van der Waals surface area contributed by atoms with E-state index in [4.69, 9.17) is 0 Å². The third-order valence-electron chi connectivity index (χ3n) is 12.7. The van der Waals surface area contributed by atoms with Gasteiger partial charge >= 0.3 is 0 Å². The lowest BCUT2D eigenvalue weighted by atomic mass is 9.67. The van der Waals surface area contributed by atoms with E-state index >= 15 is 4.39 Å². The molecule has 3 heteroatoms. The summed E-state index contributed by atoms with van der Waals surface area (Å²) >= 11 is 0. The topological polar surface area (TPSA) is 27.0 Å². The molecule has 9 aromatic rings. The Bertz CT molecular complexity index is 3040. The van der Waals surface area contributed by atoms with Crippen LogP contribution in [0.1, 0.15) is 50.1 Å². The monoisotopic (exact) mass is 768 g/mol. The third kappa shape index (κ3) is 4.98. The number of hydrogen-bond acceptors (Lipinski definition) is 2. The van der Waals surface area contributed by atoms with E-state index in [0.717, 1.165) is 61.4 Å². The lowest BCUT2D eigenvalue weighted by Crippen LogP contribution is -2.29. The van der Waals surface area contributed by atoms with E-state index in [9.17, 15) is 5.26 Å². The summed E-state index contributed by atoms with van der Waals surface area (Å²) in [5, 5.41) is 9.87. The Hall–Kier alpha value is -7.80. The van der Waals surface area contributed by atoms with Gasteiger partial charge in [-0.1, -0.05) is 188 Å². The Kier molecular flexibility index (Phi) is 8.22. The second-order valence-corrected chi connectivity index (χ2v) is 15.6. The SMILES string of the molecule is N#Cc1ccc(N(c2ccc3c(c2)C(c2ccccc2)(c2ccccc2)c2ccccc2-3)c2cccc3c2-c2ccccc2C3(c2ccccc2)c2ccccc2)c(F)c1. The molecule has 11 rings (SSSR count). The standard InChI is InChI=1S/C57H37FN2/c58-52-36-39(38-59)32-35-53(52)60(44-33-34-46-45-26-13-15-28-48(45)57(51(46)37-44,42-22-9-3-10-23-42)43-24-11-4-12-25-43)54-31-17-30-50-55(54)47-27-14-16-29-49(47)56(50,40-18-5-1-6-19-40)41-20-7-2-8-21-41/h1-37H. The summed E-state index contributed by atoms with van der Waals surface area (Å²) in [4.78, 5) is 2.07. The number of halogens is 1. The lowest BCUT2D eigenvalue weighted by molar-refractivity contribution is 0.628. The second-order valence-electron chi connectivity index (χ2n) is 15.6. The van der Waals surface area contributed by atoms with Gasteiger partial charge in [0.1, 0.15) is 5.82 Å². The van der Waals surface area contributed by atoms with Crippen molar-refractivity contribution in [2.45, 2.75) is 10.8 Å². The minimum absolute atomic E-state index is 0.267. The van der Waals surface area contributed by atoms with Crippen LogP contribution in [-0.4, -0.2) is 0 Å². The molecule has 0 amide bonds. The van der Waals surface area contributed by atoms with E-state index in [1.807, 2.05) is 0 Å². The molecule has 0 aliphatic heterocycles. The summed E-state index contributed by atoms with van der Waals surface area (Å²) in [5.74, 6) is -0.475. The Morgan fingerprint density at radius 2 is 0.850 bits per heavy atom. The quantitative estimate of drug-likeness (QED) is 0.161. The fourth-order valence-corrected chi connectivity index (χ4v) is 10.4. The first-order valence-corrected chi connectivity index (χ1v) is 20.4. The van der Waals surface area contributed by atoms with E-state index < -0.39 is 16.6 Å². The Morgan fingerprint density at radius 1 is 0.383 bits per heavy atom. The smallest absolute Gasteiger partial charge is 0.148 e. The van der Waals surface area contributed by atoms with Crippen molar-refractivity contribution in [3.63, 3.8) is 0 Å². The van der Waals surface area contributed by atoms with Crippen molar-refractivity contribution in [2.75, 3.05) is 4.90 Å². The van der Waals surface area contributed by atoms with Gasteiger partial charge in [0.25, 0.3) is 0 Å². The molecule has 0 unspecified atom stereocenters. The van der Waals surface area contributed by atoms with Crippen molar-refractivity contribution in [3.8, 4) is 28.3 Å². The Morgan fingerprint density at radius 3 is 1.40 bits per heavy atom. The van der Waals surface area contributed by atoms with E-state index in [1.54, 1.807) is 12.1 Å². The van der Waals surface area contributed by atoms with Crippen LogP contribution < -0.4 is 4.90 Å². The largest absolute Gasteiger partial charge is 0.307 e. The maximum Gasteiger partial charge on any atom is 0.148 e. The van der Waals surface area contributed by atoms with Crippen molar-refractivity contribution in [1.82, 2.24) is 0 Å². The highest BCUT2D eigenvalue weighted by atomic mass is 19.1. The number of anilines is 3. The number of benzene rings is 9.